The van der Waals surface area contributed by atoms with E-state index in [0.29, 0.717) is 0 Å². The summed E-state index contributed by atoms with van der Waals surface area (Å²) in [5.74, 6) is 1.03. The van der Waals surface area contributed by atoms with E-state index >= 15 is 0 Å². The van der Waals surface area contributed by atoms with Gasteiger partial charge in [0.1, 0.15) is 5.75 Å². The summed E-state index contributed by atoms with van der Waals surface area (Å²) in [5, 5.41) is 0. The molecule has 0 N–H and O–H groups in total. The third kappa shape index (κ3) is 18.3. The molecule has 1 rings (SSSR count). The first-order valence-electron chi connectivity index (χ1n) is 13.6. The van der Waals surface area contributed by atoms with E-state index in [-0.39, 0.29) is 0 Å². The molecule has 2 heteroatoms. The third-order valence-electron chi connectivity index (χ3n) is 6.26. The predicted octanol–water partition coefficient (Wildman–Crippen LogP) is 8.82. The Bertz CT molecular complexity index is 482. The highest BCUT2D eigenvalue weighted by Gasteiger charge is 1.98. The van der Waals surface area contributed by atoms with Crippen LogP contribution in [0.5, 0.6) is 5.75 Å². The van der Waals surface area contributed by atoms with Crippen molar-refractivity contribution in [2.24, 2.45) is 0 Å². The van der Waals surface area contributed by atoms with Crippen molar-refractivity contribution in [3.8, 4) is 5.75 Å². The minimum atomic E-state index is 0.860. The van der Waals surface area contributed by atoms with E-state index in [0.717, 1.165) is 25.3 Å². The standard InChI is InChI=1S/C29H53NO/c1-4-5-6-7-8-9-10-11-12-13-14-15-16-17-18-19-27-31-29-24-22-28(23-25-29)21-20-26-30(2)3/h22-25H,4-21,26-27H2,1-3H3. The topological polar surface area (TPSA) is 12.5 Å². The molecule has 0 aliphatic carbocycles. The molecule has 0 aliphatic heterocycles. The molecule has 0 heterocycles. The van der Waals surface area contributed by atoms with E-state index in [1.165, 1.54) is 115 Å². The SMILES string of the molecule is CCCCCCCCCCCCCCCCCCOc1ccc(CCCN(C)C)cc1. The fraction of sp³-hybridized carbons (Fsp3) is 0.793. The zero-order chi connectivity index (χ0) is 22.4. The van der Waals surface area contributed by atoms with E-state index in [4.69, 9.17) is 4.74 Å². The number of nitrogens with zero attached hydrogens (tertiary/aromatic N) is 1. The van der Waals surface area contributed by atoms with E-state index in [9.17, 15) is 0 Å². The van der Waals surface area contributed by atoms with Crippen LogP contribution in [0, 0.1) is 0 Å². The van der Waals surface area contributed by atoms with Gasteiger partial charge in [-0.2, -0.15) is 0 Å². The van der Waals surface area contributed by atoms with Gasteiger partial charge < -0.3 is 9.64 Å². The summed E-state index contributed by atoms with van der Waals surface area (Å²) >= 11 is 0. The number of ether oxygens (including phenoxy) is 1. The molecule has 2 nitrogen and oxygen atoms in total. The van der Waals surface area contributed by atoms with Crippen molar-refractivity contribution >= 4 is 0 Å². The smallest absolute Gasteiger partial charge is 0.119 e. The van der Waals surface area contributed by atoms with Crippen molar-refractivity contribution in [1.82, 2.24) is 4.90 Å². The molecular weight excluding hydrogens is 378 g/mol. The lowest BCUT2D eigenvalue weighted by Gasteiger charge is -2.10. The number of unbranched alkanes of at least 4 members (excludes halogenated alkanes) is 15. The Morgan fingerprint density at radius 2 is 1.03 bits per heavy atom. The van der Waals surface area contributed by atoms with Crippen LogP contribution in [-0.2, 0) is 6.42 Å². The maximum absolute atomic E-state index is 5.91. The van der Waals surface area contributed by atoms with Crippen molar-refractivity contribution in [3.05, 3.63) is 29.8 Å². The number of rotatable bonds is 22. The second kappa shape index (κ2) is 20.9. The minimum absolute atomic E-state index is 0.860. The van der Waals surface area contributed by atoms with Gasteiger partial charge in [0.25, 0.3) is 0 Å². The Morgan fingerprint density at radius 3 is 1.48 bits per heavy atom. The second-order valence-electron chi connectivity index (χ2n) is 9.70. The highest BCUT2D eigenvalue weighted by atomic mass is 16.5. The van der Waals surface area contributed by atoms with Gasteiger partial charge in [-0.05, 0) is 57.6 Å². The van der Waals surface area contributed by atoms with Crippen LogP contribution in [0.3, 0.4) is 0 Å². The Kier molecular flexibility index (Phi) is 18.8. The maximum Gasteiger partial charge on any atom is 0.119 e. The average molecular weight is 432 g/mol. The molecule has 31 heavy (non-hydrogen) atoms. The zero-order valence-electron chi connectivity index (χ0n) is 21.3. The molecular formula is C29H53NO. The van der Waals surface area contributed by atoms with Crippen LogP contribution in [0.4, 0.5) is 0 Å². The fourth-order valence-corrected chi connectivity index (χ4v) is 4.19. The van der Waals surface area contributed by atoms with Crippen LogP contribution in [0.2, 0.25) is 0 Å². The first kappa shape index (κ1) is 28.0. The van der Waals surface area contributed by atoms with Gasteiger partial charge in [-0.25, -0.2) is 0 Å². The molecule has 0 aliphatic rings. The number of aryl methyl sites for hydroxylation is 1. The summed E-state index contributed by atoms with van der Waals surface area (Å²) in [7, 11) is 4.27. The summed E-state index contributed by atoms with van der Waals surface area (Å²) in [4.78, 5) is 2.25. The summed E-state index contributed by atoms with van der Waals surface area (Å²) in [6, 6.07) is 8.71. The summed E-state index contributed by atoms with van der Waals surface area (Å²) in [6.45, 7) is 4.31. The monoisotopic (exact) mass is 431 g/mol. The predicted molar refractivity (Wildman–Crippen MR) is 138 cm³/mol. The van der Waals surface area contributed by atoms with Crippen LogP contribution in [0.1, 0.15) is 122 Å². The summed E-state index contributed by atoms with van der Waals surface area (Å²) < 4.78 is 5.91. The van der Waals surface area contributed by atoms with Crippen molar-refractivity contribution in [2.45, 2.75) is 122 Å². The van der Waals surface area contributed by atoms with Crippen molar-refractivity contribution < 1.29 is 4.74 Å². The van der Waals surface area contributed by atoms with Gasteiger partial charge in [0.2, 0.25) is 0 Å². The van der Waals surface area contributed by atoms with Gasteiger partial charge in [-0.3, -0.25) is 0 Å². The van der Waals surface area contributed by atoms with Crippen molar-refractivity contribution in [1.29, 1.82) is 0 Å². The van der Waals surface area contributed by atoms with Crippen LogP contribution in [-0.4, -0.2) is 32.1 Å². The quantitative estimate of drug-likeness (QED) is 0.170. The highest BCUT2D eigenvalue weighted by molar-refractivity contribution is 5.27. The Labute approximate surface area is 195 Å². The first-order valence-corrected chi connectivity index (χ1v) is 13.6. The minimum Gasteiger partial charge on any atom is -0.494 e. The molecule has 0 radical (unpaired) electrons. The number of benzene rings is 1. The molecule has 0 spiro atoms. The maximum atomic E-state index is 5.91. The van der Waals surface area contributed by atoms with Gasteiger partial charge >= 0.3 is 0 Å². The molecule has 0 saturated heterocycles. The zero-order valence-corrected chi connectivity index (χ0v) is 21.3. The Balaban J connectivity index is 1.82. The lowest BCUT2D eigenvalue weighted by Crippen LogP contribution is -2.13. The van der Waals surface area contributed by atoms with Crippen LogP contribution >= 0.6 is 0 Å². The molecule has 0 amide bonds. The van der Waals surface area contributed by atoms with Crippen LogP contribution in [0.25, 0.3) is 0 Å². The van der Waals surface area contributed by atoms with Gasteiger partial charge in [0.05, 0.1) is 6.61 Å². The highest BCUT2D eigenvalue weighted by Crippen LogP contribution is 2.16. The normalized spacial score (nSPS) is 11.4. The lowest BCUT2D eigenvalue weighted by atomic mass is 10.0. The molecule has 1 aromatic rings. The van der Waals surface area contributed by atoms with Gasteiger partial charge in [0, 0.05) is 0 Å². The second-order valence-corrected chi connectivity index (χ2v) is 9.70. The van der Waals surface area contributed by atoms with E-state index < -0.39 is 0 Å². The van der Waals surface area contributed by atoms with E-state index in [2.05, 4.69) is 50.2 Å². The molecule has 0 unspecified atom stereocenters. The van der Waals surface area contributed by atoms with Gasteiger partial charge in [0.15, 0.2) is 0 Å². The molecule has 1 aromatic carbocycles. The average Bonchev–Trinajstić information content (AvgIpc) is 2.76. The molecule has 0 saturated carbocycles. The number of hydrogen-bond donors (Lipinski definition) is 0. The van der Waals surface area contributed by atoms with E-state index in [1.54, 1.807) is 0 Å². The van der Waals surface area contributed by atoms with Crippen LogP contribution < -0.4 is 4.74 Å². The first-order chi connectivity index (χ1) is 15.2. The molecule has 0 fully saturated rings. The third-order valence-corrected chi connectivity index (χ3v) is 6.26. The van der Waals surface area contributed by atoms with Gasteiger partial charge in [-0.15, -0.1) is 0 Å². The Morgan fingerprint density at radius 1 is 0.581 bits per heavy atom. The number of hydrogen-bond acceptors (Lipinski definition) is 2. The lowest BCUT2D eigenvalue weighted by molar-refractivity contribution is 0.304. The largest absolute Gasteiger partial charge is 0.494 e. The summed E-state index contributed by atoms with van der Waals surface area (Å²) in [6.07, 6.45) is 24.9. The molecule has 0 aromatic heterocycles. The van der Waals surface area contributed by atoms with Crippen LogP contribution in [0.15, 0.2) is 24.3 Å². The van der Waals surface area contributed by atoms with Crippen molar-refractivity contribution in [2.75, 3.05) is 27.2 Å². The van der Waals surface area contributed by atoms with Gasteiger partial charge in [-0.1, -0.05) is 115 Å². The molecule has 0 atom stereocenters. The molecule has 0 bridgehead atoms. The van der Waals surface area contributed by atoms with E-state index in [1.807, 2.05) is 0 Å². The molecule has 180 valence electrons. The van der Waals surface area contributed by atoms with Crippen molar-refractivity contribution in [3.63, 3.8) is 0 Å². The fourth-order valence-electron chi connectivity index (χ4n) is 4.19. The Hall–Kier alpha value is -1.02. The summed E-state index contributed by atoms with van der Waals surface area (Å²) in [5.41, 5.74) is 1.41.